The maximum absolute atomic E-state index is 10.0. The molecule has 0 aromatic rings. The predicted molar refractivity (Wildman–Crippen MR) is 49.3 cm³/mol. The van der Waals surface area contributed by atoms with Crippen molar-refractivity contribution >= 4 is 6.09 Å². The monoisotopic (exact) mass is 171 g/mol. The van der Waals surface area contributed by atoms with Crippen LogP contribution < -0.4 is 5.32 Å². The number of carbonyl (C=O) groups is 1. The van der Waals surface area contributed by atoms with E-state index in [-0.39, 0.29) is 0 Å². The number of hydrogen-bond acceptors (Lipinski definition) is 1. The number of nitrogens with one attached hydrogen (secondary N) is 1. The molecule has 0 rings (SSSR count). The normalized spacial score (nSPS) is 9.33. The molecule has 1 amide bonds. The fourth-order valence-electron chi connectivity index (χ4n) is 0.963. The molecule has 0 aliphatic carbocycles. The zero-order valence-corrected chi connectivity index (χ0v) is 7.38. The summed E-state index contributed by atoms with van der Waals surface area (Å²) < 4.78 is 0. The first-order valence-electron chi connectivity index (χ1n) is 4.35. The number of unbranched alkanes of at least 4 members (excludes halogenated alkanes) is 4. The number of rotatable bonds is 7. The summed E-state index contributed by atoms with van der Waals surface area (Å²) in [5.41, 5.74) is 0. The minimum absolute atomic E-state index is 0.573. The van der Waals surface area contributed by atoms with Gasteiger partial charge in [-0.25, -0.2) is 4.79 Å². The van der Waals surface area contributed by atoms with Crippen LogP contribution in [0.2, 0.25) is 0 Å². The third-order valence-electron chi connectivity index (χ3n) is 1.61. The summed E-state index contributed by atoms with van der Waals surface area (Å²) in [6.07, 6.45) is 6.39. The Morgan fingerprint density at radius 3 is 2.58 bits per heavy atom. The van der Waals surface area contributed by atoms with E-state index in [1.165, 1.54) is 0 Å². The van der Waals surface area contributed by atoms with Crippen LogP contribution in [0.5, 0.6) is 0 Å². The molecule has 70 valence electrons. The van der Waals surface area contributed by atoms with Crippen LogP contribution >= 0.6 is 0 Å². The molecule has 0 atom stereocenters. The molecule has 0 aliphatic heterocycles. The maximum Gasteiger partial charge on any atom is 0.404 e. The molecule has 3 nitrogen and oxygen atoms in total. The van der Waals surface area contributed by atoms with Gasteiger partial charge in [-0.2, -0.15) is 0 Å². The van der Waals surface area contributed by atoms with E-state index in [1.807, 2.05) is 6.08 Å². The first-order chi connectivity index (χ1) is 5.77. The summed E-state index contributed by atoms with van der Waals surface area (Å²) in [6, 6.07) is 0. The van der Waals surface area contributed by atoms with Crippen LogP contribution in [-0.4, -0.2) is 17.7 Å². The second-order valence-electron chi connectivity index (χ2n) is 2.72. The number of amides is 1. The van der Waals surface area contributed by atoms with Crippen LogP contribution in [0.3, 0.4) is 0 Å². The van der Waals surface area contributed by atoms with E-state index in [4.69, 9.17) is 5.11 Å². The highest BCUT2D eigenvalue weighted by Gasteiger charge is 1.92. The van der Waals surface area contributed by atoms with Crippen LogP contribution in [0.15, 0.2) is 12.7 Å². The first-order valence-corrected chi connectivity index (χ1v) is 4.35. The Morgan fingerprint density at radius 2 is 2.00 bits per heavy atom. The van der Waals surface area contributed by atoms with Gasteiger partial charge in [0, 0.05) is 6.54 Å². The second kappa shape index (κ2) is 8.11. The predicted octanol–water partition coefficient (Wildman–Crippen LogP) is 2.39. The van der Waals surface area contributed by atoms with Gasteiger partial charge in [-0.1, -0.05) is 18.9 Å². The van der Waals surface area contributed by atoms with Crippen LogP contribution in [0.25, 0.3) is 0 Å². The highest BCUT2D eigenvalue weighted by atomic mass is 16.4. The van der Waals surface area contributed by atoms with Gasteiger partial charge < -0.3 is 10.4 Å². The molecule has 0 saturated heterocycles. The molecule has 0 heterocycles. The van der Waals surface area contributed by atoms with Crippen LogP contribution in [0.4, 0.5) is 4.79 Å². The topological polar surface area (TPSA) is 49.3 Å². The van der Waals surface area contributed by atoms with Gasteiger partial charge in [-0.05, 0) is 19.3 Å². The van der Waals surface area contributed by atoms with E-state index in [9.17, 15) is 4.79 Å². The minimum atomic E-state index is -0.930. The molecule has 0 bridgehead atoms. The molecule has 0 aromatic carbocycles. The molecule has 0 aromatic heterocycles. The average molecular weight is 171 g/mol. The van der Waals surface area contributed by atoms with Gasteiger partial charge >= 0.3 is 6.09 Å². The lowest BCUT2D eigenvalue weighted by Crippen LogP contribution is -2.21. The molecule has 12 heavy (non-hydrogen) atoms. The van der Waals surface area contributed by atoms with Crippen molar-refractivity contribution in [2.45, 2.75) is 32.1 Å². The summed E-state index contributed by atoms with van der Waals surface area (Å²) in [7, 11) is 0. The van der Waals surface area contributed by atoms with Gasteiger partial charge in [0.15, 0.2) is 0 Å². The third-order valence-corrected chi connectivity index (χ3v) is 1.61. The van der Waals surface area contributed by atoms with Crippen molar-refractivity contribution in [1.29, 1.82) is 0 Å². The highest BCUT2D eigenvalue weighted by molar-refractivity contribution is 5.64. The quantitative estimate of drug-likeness (QED) is 0.456. The van der Waals surface area contributed by atoms with E-state index in [0.717, 1.165) is 32.1 Å². The van der Waals surface area contributed by atoms with Gasteiger partial charge in [0.2, 0.25) is 0 Å². The van der Waals surface area contributed by atoms with Crippen LogP contribution in [0.1, 0.15) is 32.1 Å². The van der Waals surface area contributed by atoms with Crippen molar-refractivity contribution in [3.8, 4) is 0 Å². The zero-order chi connectivity index (χ0) is 9.23. The van der Waals surface area contributed by atoms with Crippen molar-refractivity contribution in [1.82, 2.24) is 5.32 Å². The van der Waals surface area contributed by atoms with E-state index < -0.39 is 6.09 Å². The Labute approximate surface area is 73.5 Å². The number of hydrogen-bond donors (Lipinski definition) is 2. The number of carboxylic acid groups (broad SMARTS) is 1. The Hall–Kier alpha value is -0.990. The molecule has 3 heteroatoms. The van der Waals surface area contributed by atoms with Crippen molar-refractivity contribution in [2.24, 2.45) is 0 Å². The van der Waals surface area contributed by atoms with Gasteiger partial charge in [-0.15, -0.1) is 6.58 Å². The molecule has 0 spiro atoms. The molecule has 0 aliphatic rings. The fraction of sp³-hybridized carbons (Fsp3) is 0.667. The Balaban J connectivity index is 2.90. The lowest BCUT2D eigenvalue weighted by Gasteiger charge is -1.99. The Kier molecular flexibility index (Phi) is 7.44. The summed E-state index contributed by atoms with van der Waals surface area (Å²) in [4.78, 5) is 10.0. The highest BCUT2D eigenvalue weighted by Crippen LogP contribution is 2.01. The van der Waals surface area contributed by atoms with Gasteiger partial charge in [0.05, 0.1) is 0 Å². The van der Waals surface area contributed by atoms with Gasteiger partial charge in [-0.3, -0.25) is 0 Å². The summed E-state index contributed by atoms with van der Waals surface area (Å²) in [5.74, 6) is 0. The van der Waals surface area contributed by atoms with Crippen LogP contribution in [-0.2, 0) is 0 Å². The average Bonchev–Trinajstić information content (AvgIpc) is 2.02. The lowest BCUT2D eigenvalue weighted by atomic mass is 10.1. The molecule has 0 radical (unpaired) electrons. The van der Waals surface area contributed by atoms with Gasteiger partial charge in [0.1, 0.15) is 0 Å². The third kappa shape index (κ3) is 9.01. The first kappa shape index (κ1) is 11.0. The lowest BCUT2D eigenvalue weighted by molar-refractivity contribution is 0.194. The van der Waals surface area contributed by atoms with Crippen LogP contribution in [0, 0.1) is 0 Å². The van der Waals surface area contributed by atoms with Crippen molar-refractivity contribution in [3.63, 3.8) is 0 Å². The van der Waals surface area contributed by atoms with E-state index >= 15 is 0 Å². The summed E-state index contributed by atoms with van der Waals surface area (Å²) in [5, 5.41) is 10.6. The maximum atomic E-state index is 10.0. The SMILES string of the molecule is C=CCCCCCCNC(=O)O. The molecule has 0 fully saturated rings. The Bertz CT molecular complexity index is 134. The Morgan fingerprint density at radius 1 is 1.33 bits per heavy atom. The molecular weight excluding hydrogens is 154 g/mol. The molecule has 0 saturated carbocycles. The van der Waals surface area contributed by atoms with Gasteiger partial charge in [0.25, 0.3) is 0 Å². The fourth-order valence-corrected chi connectivity index (χ4v) is 0.963. The van der Waals surface area contributed by atoms with Crippen molar-refractivity contribution in [2.75, 3.05) is 6.54 Å². The van der Waals surface area contributed by atoms with Crippen molar-refractivity contribution in [3.05, 3.63) is 12.7 Å². The summed E-state index contributed by atoms with van der Waals surface area (Å²) >= 11 is 0. The molecule has 2 N–H and O–H groups in total. The molecular formula is C9H17NO2. The standard InChI is InChI=1S/C9H17NO2/c1-2-3-4-5-6-7-8-10-9(11)12/h2,10H,1,3-8H2,(H,11,12). The zero-order valence-electron chi connectivity index (χ0n) is 7.38. The van der Waals surface area contributed by atoms with E-state index in [1.54, 1.807) is 0 Å². The van der Waals surface area contributed by atoms with E-state index in [2.05, 4.69) is 11.9 Å². The van der Waals surface area contributed by atoms with E-state index in [0.29, 0.717) is 6.54 Å². The summed E-state index contributed by atoms with van der Waals surface area (Å²) in [6.45, 7) is 4.20. The molecule has 0 unspecified atom stereocenters. The number of allylic oxidation sites excluding steroid dienone is 1. The minimum Gasteiger partial charge on any atom is -0.465 e. The smallest absolute Gasteiger partial charge is 0.404 e. The second-order valence-corrected chi connectivity index (χ2v) is 2.72. The van der Waals surface area contributed by atoms with Crippen molar-refractivity contribution < 1.29 is 9.90 Å². The largest absolute Gasteiger partial charge is 0.465 e.